The van der Waals surface area contributed by atoms with Crippen LogP contribution in [0.3, 0.4) is 0 Å². The SMILES string of the molecule is CCCNC(=O)OC1CCCCC1CN. The van der Waals surface area contributed by atoms with Crippen LogP contribution in [0.25, 0.3) is 0 Å². The Labute approximate surface area is 91.5 Å². The molecule has 0 spiro atoms. The molecule has 2 unspecified atom stereocenters. The van der Waals surface area contributed by atoms with Gasteiger partial charge >= 0.3 is 6.09 Å². The molecule has 1 saturated carbocycles. The number of nitrogens with one attached hydrogen (secondary N) is 1. The summed E-state index contributed by atoms with van der Waals surface area (Å²) < 4.78 is 5.37. The minimum atomic E-state index is -0.290. The van der Waals surface area contributed by atoms with Crippen molar-refractivity contribution in [2.45, 2.75) is 45.1 Å². The minimum Gasteiger partial charge on any atom is -0.446 e. The van der Waals surface area contributed by atoms with Crippen LogP contribution in [0.4, 0.5) is 4.79 Å². The van der Waals surface area contributed by atoms with Gasteiger partial charge in [-0.05, 0) is 32.2 Å². The number of carbonyl (C=O) groups excluding carboxylic acids is 1. The average molecular weight is 214 g/mol. The molecule has 1 aliphatic rings. The second-order valence-corrected chi connectivity index (χ2v) is 4.15. The lowest BCUT2D eigenvalue weighted by Crippen LogP contribution is -2.38. The zero-order valence-electron chi connectivity index (χ0n) is 9.50. The summed E-state index contributed by atoms with van der Waals surface area (Å²) in [6, 6.07) is 0. The first kappa shape index (κ1) is 12.3. The number of rotatable bonds is 4. The van der Waals surface area contributed by atoms with E-state index < -0.39 is 0 Å². The molecule has 0 heterocycles. The maximum atomic E-state index is 11.4. The molecule has 2 atom stereocenters. The van der Waals surface area contributed by atoms with Crippen molar-refractivity contribution in [3.8, 4) is 0 Å². The van der Waals surface area contributed by atoms with Crippen LogP contribution < -0.4 is 11.1 Å². The number of hydrogen-bond donors (Lipinski definition) is 2. The van der Waals surface area contributed by atoms with Crippen molar-refractivity contribution in [1.29, 1.82) is 0 Å². The zero-order chi connectivity index (χ0) is 11.1. The molecule has 0 aromatic rings. The molecule has 1 aliphatic carbocycles. The zero-order valence-corrected chi connectivity index (χ0v) is 9.50. The molecular weight excluding hydrogens is 192 g/mol. The summed E-state index contributed by atoms with van der Waals surface area (Å²) in [7, 11) is 0. The van der Waals surface area contributed by atoms with Crippen molar-refractivity contribution in [1.82, 2.24) is 5.32 Å². The standard InChI is InChI=1S/C11H22N2O2/c1-2-7-13-11(14)15-10-6-4-3-5-9(10)8-12/h9-10H,2-8,12H2,1H3,(H,13,14). The first-order chi connectivity index (χ1) is 7.27. The maximum absolute atomic E-state index is 11.4. The number of alkyl carbamates (subject to hydrolysis) is 1. The van der Waals surface area contributed by atoms with E-state index in [0.717, 1.165) is 25.7 Å². The lowest BCUT2D eigenvalue weighted by Gasteiger charge is -2.30. The van der Waals surface area contributed by atoms with Crippen molar-refractivity contribution in [2.24, 2.45) is 11.7 Å². The molecule has 0 saturated heterocycles. The largest absolute Gasteiger partial charge is 0.446 e. The Hall–Kier alpha value is -0.770. The third-order valence-electron chi connectivity index (χ3n) is 2.92. The van der Waals surface area contributed by atoms with Crippen LogP contribution in [0.5, 0.6) is 0 Å². The molecular formula is C11H22N2O2. The monoisotopic (exact) mass is 214 g/mol. The highest BCUT2D eigenvalue weighted by atomic mass is 16.6. The van der Waals surface area contributed by atoms with Crippen LogP contribution in [-0.4, -0.2) is 25.3 Å². The molecule has 0 aromatic carbocycles. The summed E-state index contributed by atoms with van der Waals surface area (Å²) in [6.07, 6.45) is 5.06. The molecule has 1 amide bonds. The quantitative estimate of drug-likeness (QED) is 0.747. The van der Waals surface area contributed by atoms with Crippen LogP contribution in [0, 0.1) is 5.92 Å². The summed E-state index contributed by atoms with van der Waals surface area (Å²) in [5.41, 5.74) is 5.66. The highest BCUT2D eigenvalue weighted by molar-refractivity contribution is 5.67. The number of carbonyl (C=O) groups is 1. The Morgan fingerprint density at radius 2 is 2.20 bits per heavy atom. The molecule has 0 aliphatic heterocycles. The van der Waals surface area contributed by atoms with E-state index in [9.17, 15) is 4.79 Å². The predicted octanol–water partition coefficient (Wildman–Crippen LogP) is 1.64. The fourth-order valence-electron chi connectivity index (χ4n) is 2.00. The van der Waals surface area contributed by atoms with Gasteiger partial charge in [-0.25, -0.2) is 4.79 Å². The summed E-state index contributed by atoms with van der Waals surface area (Å²) in [5, 5.41) is 2.72. The van der Waals surface area contributed by atoms with Gasteiger partial charge in [0.05, 0.1) is 0 Å². The molecule has 0 aromatic heterocycles. The van der Waals surface area contributed by atoms with E-state index in [2.05, 4.69) is 5.32 Å². The lowest BCUT2D eigenvalue weighted by atomic mass is 9.86. The summed E-state index contributed by atoms with van der Waals surface area (Å²) in [6.45, 7) is 3.31. The van der Waals surface area contributed by atoms with E-state index in [4.69, 9.17) is 10.5 Å². The van der Waals surface area contributed by atoms with Gasteiger partial charge in [0.15, 0.2) is 0 Å². The third kappa shape index (κ3) is 4.08. The van der Waals surface area contributed by atoms with Gasteiger partial charge in [0.2, 0.25) is 0 Å². The third-order valence-corrected chi connectivity index (χ3v) is 2.92. The fraction of sp³-hybridized carbons (Fsp3) is 0.909. The Morgan fingerprint density at radius 3 is 2.87 bits per heavy atom. The van der Waals surface area contributed by atoms with Crippen LogP contribution >= 0.6 is 0 Å². The van der Waals surface area contributed by atoms with Crippen molar-refractivity contribution < 1.29 is 9.53 Å². The second-order valence-electron chi connectivity index (χ2n) is 4.15. The van der Waals surface area contributed by atoms with E-state index >= 15 is 0 Å². The number of hydrogen-bond acceptors (Lipinski definition) is 3. The van der Waals surface area contributed by atoms with E-state index in [-0.39, 0.29) is 12.2 Å². The van der Waals surface area contributed by atoms with E-state index in [0.29, 0.717) is 19.0 Å². The van der Waals surface area contributed by atoms with Gasteiger partial charge < -0.3 is 15.8 Å². The maximum Gasteiger partial charge on any atom is 0.407 e. The topological polar surface area (TPSA) is 64.3 Å². The second kappa shape index (κ2) is 6.67. The number of nitrogens with two attached hydrogens (primary N) is 1. The van der Waals surface area contributed by atoms with Crippen LogP contribution in [0.15, 0.2) is 0 Å². The van der Waals surface area contributed by atoms with Gasteiger partial charge in [-0.2, -0.15) is 0 Å². The van der Waals surface area contributed by atoms with Crippen LogP contribution in [0.2, 0.25) is 0 Å². The summed E-state index contributed by atoms with van der Waals surface area (Å²) in [5.74, 6) is 0.353. The van der Waals surface area contributed by atoms with Gasteiger partial charge in [0.1, 0.15) is 6.10 Å². The first-order valence-electron chi connectivity index (χ1n) is 5.92. The summed E-state index contributed by atoms with van der Waals surface area (Å²) >= 11 is 0. The normalized spacial score (nSPS) is 26.0. The van der Waals surface area contributed by atoms with Gasteiger partial charge in [0, 0.05) is 12.5 Å². The van der Waals surface area contributed by atoms with Crippen LogP contribution in [0.1, 0.15) is 39.0 Å². The molecule has 1 fully saturated rings. The first-order valence-corrected chi connectivity index (χ1v) is 5.92. The highest BCUT2D eigenvalue weighted by Gasteiger charge is 2.26. The van der Waals surface area contributed by atoms with Gasteiger partial charge in [-0.3, -0.25) is 0 Å². The molecule has 0 radical (unpaired) electrons. The Morgan fingerprint density at radius 1 is 1.47 bits per heavy atom. The molecule has 88 valence electrons. The Kier molecular flexibility index (Phi) is 5.47. The molecule has 3 N–H and O–H groups in total. The van der Waals surface area contributed by atoms with Crippen molar-refractivity contribution in [3.05, 3.63) is 0 Å². The average Bonchev–Trinajstić information content (AvgIpc) is 2.27. The van der Waals surface area contributed by atoms with E-state index in [1.807, 2.05) is 6.92 Å². The molecule has 4 heteroatoms. The molecule has 0 bridgehead atoms. The smallest absolute Gasteiger partial charge is 0.407 e. The van der Waals surface area contributed by atoms with Gasteiger partial charge in [0.25, 0.3) is 0 Å². The fourth-order valence-corrected chi connectivity index (χ4v) is 2.00. The number of amides is 1. The molecule has 4 nitrogen and oxygen atoms in total. The number of ether oxygens (including phenoxy) is 1. The molecule has 15 heavy (non-hydrogen) atoms. The van der Waals surface area contributed by atoms with Gasteiger partial charge in [-0.1, -0.05) is 13.3 Å². The van der Waals surface area contributed by atoms with E-state index in [1.165, 1.54) is 6.42 Å². The summed E-state index contributed by atoms with van der Waals surface area (Å²) in [4.78, 5) is 11.4. The Balaban J connectivity index is 2.30. The van der Waals surface area contributed by atoms with Crippen molar-refractivity contribution in [2.75, 3.05) is 13.1 Å². The predicted molar refractivity (Wildman–Crippen MR) is 59.6 cm³/mol. The van der Waals surface area contributed by atoms with Crippen molar-refractivity contribution >= 4 is 6.09 Å². The van der Waals surface area contributed by atoms with E-state index in [1.54, 1.807) is 0 Å². The highest BCUT2D eigenvalue weighted by Crippen LogP contribution is 2.25. The Bertz CT molecular complexity index is 197. The minimum absolute atomic E-state index is 0.0283. The molecule has 1 rings (SSSR count). The lowest BCUT2D eigenvalue weighted by molar-refractivity contribution is 0.0403. The van der Waals surface area contributed by atoms with Gasteiger partial charge in [-0.15, -0.1) is 0 Å². The van der Waals surface area contributed by atoms with Crippen molar-refractivity contribution in [3.63, 3.8) is 0 Å². The van der Waals surface area contributed by atoms with Crippen LogP contribution in [-0.2, 0) is 4.74 Å².